The Kier molecular flexibility index (Phi) is 43.9. The predicted molar refractivity (Wildman–Crippen MR) is 300 cm³/mol. The van der Waals surface area contributed by atoms with Gasteiger partial charge in [0.25, 0.3) is 0 Å². The topological polar surface area (TPSA) is 228 Å². The molecule has 14 heteroatoms. The highest BCUT2D eigenvalue weighted by Crippen LogP contribution is 2.30. The lowest BCUT2D eigenvalue weighted by molar-refractivity contribution is -0.359. The van der Waals surface area contributed by atoms with E-state index in [9.17, 15) is 45.6 Å². The van der Waals surface area contributed by atoms with Gasteiger partial charge in [-0.15, -0.1) is 0 Å². The largest absolute Gasteiger partial charge is 0.394 e. The third kappa shape index (κ3) is 33.0. The zero-order valence-electron chi connectivity index (χ0n) is 47.6. The summed E-state index contributed by atoms with van der Waals surface area (Å²) >= 11 is 0. The standard InChI is InChI=1S/C61H115NO13/c1-3-5-7-9-11-13-15-17-19-21-23-24-25-27-28-30-32-34-36-38-40-42-44-50(65)49(62-53(66)45-43-41-39-37-35-33-31-29-26-22-20-18-16-14-12-10-8-6-4-2)48-72-60-58(71)56(69)59(52(47-64)74-60)75-61-57(70)55(68)54(67)51(46-63)73-61/h18,20,42,44,49-52,54-61,63-65,67-71H,3-17,19,21-41,43,45-48H2,1-2H3,(H,62,66)/b20-18-,44-42+. The van der Waals surface area contributed by atoms with Gasteiger partial charge in [0.15, 0.2) is 12.6 Å². The Hall–Kier alpha value is -1.53. The van der Waals surface area contributed by atoms with Crippen LogP contribution in [0.1, 0.15) is 264 Å². The second kappa shape index (κ2) is 47.3. The Morgan fingerprint density at radius 1 is 0.467 bits per heavy atom. The van der Waals surface area contributed by atoms with Crippen molar-refractivity contribution in [2.75, 3.05) is 19.8 Å². The maximum atomic E-state index is 13.3. The lowest BCUT2D eigenvalue weighted by atomic mass is 9.97. The smallest absolute Gasteiger partial charge is 0.220 e. The third-order valence-electron chi connectivity index (χ3n) is 15.4. The number of carbonyl (C=O) groups is 1. The van der Waals surface area contributed by atoms with Crippen molar-refractivity contribution in [2.45, 2.75) is 338 Å². The lowest BCUT2D eigenvalue weighted by Crippen LogP contribution is -2.65. The van der Waals surface area contributed by atoms with Gasteiger partial charge < -0.3 is 65.1 Å². The molecule has 0 aliphatic carbocycles. The van der Waals surface area contributed by atoms with Crippen molar-refractivity contribution in [2.24, 2.45) is 0 Å². The Morgan fingerprint density at radius 3 is 1.27 bits per heavy atom. The van der Waals surface area contributed by atoms with Crippen molar-refractivity contribution in [3.63, 3.8) is 0 Å². The van der Waals surface area contributed by atoms with Gasteiger partial charge in [-0.1, -0.05) is 237 Å². The van der Waals surface area contributed by atoms with E-state index in [4.69, 9.17) is 18.9 Å². The van der Waals surface area contributed by atoms with Crippen molar-refractivity contribution in [1.82, 2.24) is 5.32 Å². The van der Waals surface area contributed by atoms with Gasteiger partial charge >= 0.3 is 0 Å². The predicted octanol–water partition coefficient (Wildman–Crippen LogP) is 10.8. The van der Waals surface area contributed by atoms with Gasteiger partial charge in [0, 0.05) is 6.42 Å². The summed E-state index contributed by atoms with van der Waals surface area (Å²) in [6.07, 6.45) is 39.2. The minimum absolute atomic E-state index is 0.238. The van der Waals surface area contributed by atoms with Gasteiger partial charge in [-0.3, -0.25) is 4.79 Å². The number of aliphatic hydroxyl groups excluding tert-OH is 8. The molecular formula is C61H115NO13. The molecule has 0 bridgehead atoms. The summed E-state index contributed by atoms with van der Waals surface area (Å²) in [5, 5.41) is 87.2. The minimum atomic E-state index is -1.79. The first-order valence-corrected chi connectivity index (χ1v) is 31.1. The zero-order chi connectivity index (χ0) is 54.6. The average Bonchev–Trinajstić information content (AvgIpc) is 3.41. The van der Waals surface area contributed by atoms with Gasteiger partial charge in [0.2, 0.25) is 5.91 Å². The van der Waals surface area contributed by atoms with Crippen molar-refractivity contribution in [3.8, 4) is 0 Å². The van der Waals surface area contributed by atoms with E-state index in [0.717, 1.165) is 38.5 Å². The van der Waals surface area contributed by atoms with Gasteiger partial charge in [0.1, 0.15) is 48.8 Å². The summed E-state index contributed by atoms with van der Waals surface area (Å²) in [5.74, 6) is -0.238. The van der Waals surface area contributed by atoms with E-state index < -0.39 is 86.8 Å². The van der Waals surface area contributed by atoms with Crippen molar-refractivity contribution < 1.29 is 64.6 Å². The number of aliphatic hydroxyl groups is 8. The summed E-state index contributed by atoms with van der Waals surface area (Å²) in [6.45, 7) is 2.82. The molecule has 2 rings (SSSR count). The first-order valence-electron chi connectivity index (χ1n) is 31.1. The van der Waals surface area contributed by atoms with Gasteiger partial charge in [-0.05, 0) is 44.9 Å². The molecule has 2 aliphatic heterocycles. The van der Waals surface area contributed by atoms with Gasteiger partial charge in [0.05, 0.1) is 32.0 Å². The number of carbonyl (C=O) groups excluding carboxylic acids is 1. The number of amides is 1. The molecule has 442 valence electrons. The Morgan fingerprint density at radius 2 is 0.840 bits per heavy atom. The number of hydrogen-bond acceptors (Lipinski definition) is 13. The maximum absolute atomic E-state index is 13.3. The van der Waals surface area contributed by atoms with E-state index in [1.54, 1.807) is 6.08 Å². The van der Waals surface area contributed by atoms with E-state index >= 15 is 0 Å². The number of hydrogen-bond donors (Lipinski definition) is 9. The normalized spacial score (nSPS) is 25.1. The SMILES string of the molecule is CCCCCCCC/C=C\CCCCCCCCCCCC(=O)NC(COC1OC(CO)C(OC2OC(CO)C(O)C(O)C2O)C(O)C1O)C(O)/C=C/CCCCCCCCCCCCCCCCCCCCCC. The maximum Gasteiger partial charge on any atom is 0.220 e. The highest BCUT2D eigenvalue weighted by Gasteiger charge is 2.51. The molecule has 1 amide bonds. The monoisotopic (exact) mass is 1070 g/mol. The molecular weight excluding hydrogens is 955 g/mol. The Balaban J connectivity index is 1.75. The molecule has 75 heavy (non-hydrogen) atoms. The lowest BCUT2D eigenvalue weighted by Gasteiger charge is -2.46. The van der Waals surface area contributed by atoms with Gasteiger partial charge in [-0.2, -0.15) is 0 Å². The molecule has 12 unspecified atom stereocenters. The number of ether oxygens (including phenoxy) is 4. The van der Waals surface area contributed by atoms with Crippen LogP contribution in [0.5, 0.6) is 0 Å². The van der Waals surface area contributed by atoms with Gasteiger partial charge in [-0.25, -0.2) is 0 Å². The van der Waals surface area contributed by atoms with Crippen LogP contribution in [0.15, 0.2) is 24.3 Å². The van der Waals surface area contributed by atoms with Crippen LogP contribution in [0, 0.1) is 0 Å². The summed E-state index contributed by atoms with van der Waals surface area (Å²) in [7, 11) is 0. The first-order chi connectivity index (χ1) is 36.6. The number of rotatable bonds is 50. The van der Waals surface area contributed by atoms with Crippen molar-refractivity contribution >= 4 is 5.91 Å². The summed E-state index contributed by atoms with van der Waals surface area (Å²) in [5.41, 5.74) is 0. The molecule has 2 aliphatic rings. The fraction of sp³-hybridized carbons (Fsp3) is 0.918. The van der Waals surface area contributed by atoms with E-state index in [0.29, 0.717) is 6.42 Å². The third-order valence-corrected chi connectivity index (χ3v) is 15.4. The van der Waals surface area contributed by atoms with Crippen LogP contribution < -0.4 is 5.32 Å². The molecule has 2 saturated heterocycles. The van der Waals surface area contributed by atoms with E-state index in [2.05, 4.69) is 31.3 Å². The summed E-state index contributed by atoms with van der Waals surface area (Å²) in [6, 6.07) is -0.914. The summed E-state index contributed by atoms with van der Waals surface area (Å²) < 4.78 is 22.8. The average molecular weight is 1070 g/mol. The quantitative estimate of drug-likeness (QED) is 0.0204. The molecule has 12 atom stereocenters. The summed E-state index contributed by atoms with van der Waals surface area (Å²) in [4.78, 5) is 13.3. The molecule has 0 aromatic carbocycles. The second-order valence-electron chi connectivity index (χ2n) is 22.2. The number of allylic oxidation sites excluding steroid dienone is 3. The number of nitrogens with one attached hydrogen (secondary N) is 1. The van der Waals surface area contributed by atoms with Crippen LogP contribution >= 0.6 is 0 Å². The van der Waals surface area contributed by atoms with Crippen LogP contribution in [0.3, 0.4) is 0 Å². The van der Waals surface area contributed by atoms with Crippen molar-refractivity contribution in [1.29, 1.82) is 0 Å². The minimum Gasteiger partial charge on any atom is -0.394 e. The molecule has 9 N–H and O–H groups in total. The van der Waals surface area contributed by atoms with E-state index in [1.807, 2.05) is 6.08 Å². The molecule has 0 spiro atoms. The van der Waals surface area contributed by atoms with Crippen molar-refractivity contribution in [3.05, 3.63) is 24.3 Å². The Bertz CT molecular complexity index is 1350. The van der Waals surface area contributed by atoms with E-state index in [-0.39, 0.29) is 18.9 Å². The molecule has 0 saturated carbocycles. The number of unbranched alkanes of at least 4 members (excludes halogenated alkanes) is 35. The molecule has 14 nitrogen and oxygen atoms in total. The molecule has 0 radical (unpaired) electrons. The van der Waals surface area contributed by atoms with Crippen LogP contribution in [0.2, 0.25) is 0 Å². The molecule has 0 aromatic heterocycles. The van der Waals surface area contributed by atoms with Crippen LogP contribution in [-0.2, 0) is 23.7 Å². The second-order valence-corrected chi connectivity index (χ2v) is 22.2. The first kappa shape index (κ1) is 69.6. The highest BCUT2D eigenvalue weighted by atomic mass is 16.7. The van der Waals surface area contributed by atoms with E-state index in [1.165, 1.54) is 199 Å². The van der Waals surface area contributed by atoms with Crippen LogP contribution in [0.25, 0.3) is 0 Å². The highest BCUT2D eigenvalue weighted by molar-refractivity contribution is 5.76. The Labute approximate surface area is 456 Å². The van der Waals surface area contributed by atoms with Crippen LogP contribution in [-0.4, -0.2) is 140 Å². The molecule has 2 heterocycles. The molecule has 2 fully saturated rings. The fourth-order valence-electron chi connectivity index (χ4n) is 10.3. The zero-order valence-corrected chi connectivity index (χ0v) is 47.6. The fourth-order valence-corrected chi connectivity index (χ4v) is 10.3. The van der Waals surface area contributed by atoms with Crippen LogP contribution in [0.4, 0.5) is 0 Å². The molecule has 0 aromatic rings.